The van der Waals surface area contributed by atoms with Crippen molar-refractivity contribution >= 4 is 0 Å². The maximum Gasteiger partial charge on any atom is 0.162 e. The molecule has 0 heterocycles. The van der Waals surface area contributed by atoms with Gasteiger partial charge in [-0.15, -0.1) is 0 Å². The standard InChI is InChI=1S/C17H24F2O/c1-11-7-8-13(15(20)9-11)17(2,3)10-12-5-4-6-14(18)16(12)19/h4-6,11,13,15,20H,7-10H2,1-3H3. The average molecular weight is 282 g/mol. The van der Waals surface area contributed by atoms with Crippen LogP contribution in [-0.2, 0) is 6.42 Å². The van der Waals surface area contributed by atoms with Gasteiger partial charge < -0.3 is 5.11 Å². The van der Waals surface area contributed by atoms with Crippen molar-refractivity contribution in [3.8, 4) is 0 Å². The summed E-state index contributed by atoms with van der Waals surface area (Å²) in [6.45, 7) is 6.24. The van der Waals surface area contributed by atoms with E-state index in [1.807, 2.05) is 13.8 Å². The fourth-order valence-electron chi connectivity index (χ4n) is 3.57. The first kappa shape index (κ1) is 15.4. The average Bonchev–Trinajstić information content (AvgIpc) is 2.34. The lowest BCUT2D eigenvalue weighted by molar-refractivity contribution is -0.0128. The van der Waals surface area contributed by atoms with Crippen LogP contribution in [0.3, 0.4) is 0 Å². The molecule has 0 radical (unpaired) electrons. The summed E-state index contributed by atoms with van der Waals surface area (Å²) in [6, 6.07) is 4.32. The number of hydrogen-bond acceptors (Lipinski definition) is 1. The summed E-state index contributed by atoms with van der Waals surface area (Å²) in [5.74, 6) is -0.861. The van der Waals surface area contributed by atoms with Crippen LogP contribution < -0.4 is 0 Å². The van der Waals surface area contributed by atoms with Gasteiger partial charge in [-0.05, 0) is 48.1 Å². The van der Waals surface area contributed by atoms with Crippen LogP contribution in [0.15, 0.2) is 18.2 Å². The molecule has 0 amide bonds. The highest BCUT2D eigenvalue weighted by Crippen LogP contribution is 2.42. The van der Waals surface area contributed by atoms with E-state index >= 15 is 0 Å². The second-order valence-electron chi connectivity index (χ2n) is 6.97. The minimum absolute atomic E-state index is 0.140. The molecule has 1 fully saturated rings. The quantitative estimate of drug-likeness (QED) is 0.875. The Labute approximate surface area is 120 Å². The molecule has 0 bridgehead atoms. The molecule has 1 aliphatic rings. The van der Waals surface area contributed by atoms with Gasteiger partial charge in [-0.1, -0.05) is 39.3 Å². The van der Waals surface area contributed by atoms with Gasteiger partial charge in [0.25, 0.3) is 0 Å². The Kier molecular flexibility index (Phi) is 4.48. The summed E-state index contributed by atoms with van der Waals surface area (Å²) >= 11 is 0. The summed E-state index contributed by atoms with van der Waals surface area (Å²) in [4.78, 5) is 0. The summed E-state index contributed by atoms with van der Waals surface area (Å²) in [7, 11) is 0. The number of hydrogen-bond donors (Lipinski definition) is 1. The van der Waals surface area contributed by atoms with E-state index in [2.05, 4.69) is 6.92 Å². The van der Waals surface area contributed by atoms with Crippen molar-refractivity contribution in [2.75, 3.05) is 0 Å². The van der Waals surface area contributed by atoms with Gasteiger partial charge in [0.1, 0.15) is 0 Å². The molecule has 3 unspecified atom stereocenters. The van der Waals surface area contributed by atoms with Crippen LogP contribution in [0.5, 0.6) is 0 Å². The van der Waals surface area contributed by atoms with E-state index in [1.165, 1.54) is 0 Å². The summed E-state index contributed by atoms with van der Waals surface area (Å²) in [5.41, 5.74) is 0.162. The molecule has 2 rings (SSSR count). The van der Waals surface area contributed by atoms with E-state index in [-0.39, 0.29) is 17.4 Å². The zero-order valence-electron chi connectivity index (χ0n) is 12.5. The SMILES string of the molecule is CC1CCC(C(C)(C)Cc2cccc(F)c2F)C(O)C1. The fourth-order valence-corrected chi connectivity index (χ4v) is 3.57. The third-order valence-electron chi connectivity index (χ3n) is 4.76. The van der Waals surface area contributed by atoms with Gasteiger partial charge in [0.2, 0.25) is 0 Å². The highest BCUT2D eigenvalue weighted by Gasteiger charge is 2.38. The van der Waals surface area contributed by atoms with E-state index in [1.54, 1.807) is 12.1 Å². The molecule has 1 nitrogen and oxygen atoms in total. The minimum Gasteiger partial charge on any atom is -0.393 e. The van der Waals surface area contributed by atoms with Gasteiger partial charge in [-0.25, -0.2) is 8.78 Å². The Hall–Kier alpha value is -0.960. The van der Waals surface area contributed by atoms with Crippen LogP contribution in [0.1, 0.15) is 45.6 Å². The molecule has 0 aromatic heterocycles. The lowest BCUT2D eigenvalue weighted by atomic mass is 9.65. The van der Waals surface area contributed by atoms with Gasteiger partial charge >= 0.3 is 0 Å². The summed E-state index contributed by atoms with van der Waals surface area (Å²) < 4.78 is 27.1. The van der Waals surface area contributed by atoms with Crippen molar-refractivity contribution < 1.29 is 13.9 Å². The summed E-state index contributed by atoms with van der Waals surface area (Å²) in [6.07, 6.45) is 2.96. The largest absolute Gasteiger partial charge is 0.393 e. The Morgan fingerprint density at radius 1 is 1.25 bits per heavy atom. The molecule has 1 N–H and O–H groups in total. The van der Waals surface area contributed by atoms with Crippen molar-refractivity contribution in [3.05, 3.63) is 35.4 Å². The molecule has 1 aromatic carbocycles. The topological polar surface area (TPSA) is 20.2 Å². The molecule has 112 valence electrons. The van der Waals surface area contributed by atoms with Crippen LogP contribution in [0.25, 0.3) is 0 Å². The predicted octanol–water partition coefficient (Wildman–Crippen LogP) is 4.33. The van der Waals surface area contributed by atoms with Crippen LogP contribution in [0.2, 0.25) is 0 Å². The zero-order chi connectivity index (χ0) is 14.9. The van der Waals surface area contributed by atoms with Gasteiger partial charge in [0.15, 0.2) is 11.6 Å². The third kappa shape index (κ3) is 3.20. The van der Waals surface area contributed by atoms with Gasteiger partial charge in [0, 0.05) is 0 Å². The molecule has 0 saturated heterocycles. The third-order valence-corrected chi connectivity index (χ3v) is 4.76. The smallest absolute Gasteiger partial charge is 0.162 e. The molecular weight excluding hydrogens is 258 g/mol. The Morgan fingerprint density at radius 3 is 2.60 bits per heavy atom. The predicted molar refractivity (Wildman–Crippen MR) is 76.4 cm³/mol. The van der Waals surface area contributed by atoms with E-state index in [4.69, 9.17) is 0 Å². The van der Waals surface area contributed by atoms with Gasteiger partial charge in [-0.3, -0.25) is 0 Å². The van der Waals surface area contributed by atoms with E-state index in [9.17, 15) is 13.9 Å². The second kappa shape index (κ2) is 5.80. The maximum absolute atomic E-state index is 13.8. The van der Waals surface area contributed by atoms with Gasteiger partial charge in [0.05, 0.1) is 6.10 Å². The Bertz CT molecular complexity index is 470. The summed E-state index contributed by atoms with van der Waals surface area (Å²) in [5, 5.41) is 10.3. The Balaban J connectivity index is 2.16. The van der Waals surface area contributed by atoms with E-state index < -0.39 is 11.6 Å². The van der Waals surface area contributed by atoms with Crippen LogP contribution in [0.4, 0.5) is 8.78 Å². The van der Waals surface area contributed by atoms with Crippen molar-refractivity contribution in [2.45, 2.75) is 52.6 Å². The normalized spacial score (nSPS) is 27.6. The van der Waals surface area contributed by atoms with E-state index in [0.717, 1.165) is 25.3 Å². The minimum atomic E-state index is -0.795. The monoisotopic (exact) mass is 282 g/mol. The van der Waals surface area contributed by atoms with Crippen LogP contribution >= 0.6 is 0 Å². The fraction of sp³-hybridized carbons (Fsp3) is 0.647. The molecule has 3 atom stereocenters. The first-order chi connectivity index (χ1) is 9.31. The number of rotatable bonds is 3. The molecule has 1 aliphatic carbocycles. The highest BCUT2D eigenvalue weighted by atomic mass is 19.2. The first-order valence-corrected chi connectivity index (χ1v) is 7.42. The van der Waals surface area contributed by atoms with Crippen LogP contribution in [0, 0.1) is 28.9 Å². The zero-order valence-corrected chi connectivity index (χ0v) is 12.5. The first-order valence-electron chi connectivity index (χ1n) is 7.42. The number of halogens is 2. The maximum atomic E-state index is 13.8. The molecule has 1 aromatic rings. The van der Waals surface area contributed by atoms with Crippen molar-refractivity contribution in [1.82, 2.24) is 0 Å². The molecule has 0 aliphatic heterocycles. The number of aliphatic hydroxyl groups excluding tert-OH is 1. The van der Waals surface area contributed by atoms with E-state index in [0.29, 0.717) is 17.9 Å². The Morgan fingerprint density at radius 2 is 1.95 bits per heavy atom. The second-order valence-corrected chi connectivity index (χ2v) is 6.97. The van der Waals surface area contributed by atoms with Gasteiger partial charge in [-0.2, -0.15) is 0 Å². The lowest BCUT2D eigenvalue weighted by Gasteiger charge is -2.42. The number of benzene rings is 1. The molecule has 0 spiro atoms. The highest BCUT2D eigenvalue weighted by molar-refractivity contribution is 5.20. The number of aliphatic hydroxyl groups is 1. The molecule has 1 saturated carbocycles. The molecule has 20 heavy (non-hydrogen) atoms. The van der Waals surface area contributed by atoms with Crippen LogP contribution in [-0.4, -0.2) is 11.2 Å². The molecular formula is C17H24F2O. The van der Waals surface area contributed by atoms with Crippen molar-refractivity contribution in [3.63, 3.8) is 0 Å². The van der Waals surface area contributed by atoms with Crippen molar-refractivity contribution in [1.29, 1.82) is 0 Å². The van der Waals surface area contributed by atoms with Crippen molar-refractivity contribution in [2.24, 2.45) is 17.3 Å². The lowest BCUT2D eigenvalue weighted by Crippen LogP contribution is -2.40. The molecule has 3 heteroatoms.